The molecule has 10 nitrogen and oxygen atoms in total. The monoisotopic (exact) mass is 598 g/mol. The summed E-state index contributed by atoms with van der Waals surface area (Å²) in [4.78, 5) is 24.9. The number of rotatable bonds is 9. The standard InChI is InChI=1S/C28H31N7OS.CH4NO.K/c1-2-3-8-22(12-15-31-28(33-20-29)35-16-6-7-17-35)34-27(36)26-25(13-18-37-26)32-19-21-11-14-30-24-10-5-4-9-23(21)24;1-2-3;/h3-5,8-14,18,32H,2,6-7,15-17,19H2,1H3,(H,31,33)(H,34,36);3H,1H3;/q;-1;+1/b8-3-,22-12+;;. The number of hydrogen-bond donors (Lipinski definition) is 4. The van der Waals surface area contributed by atoms with Gasteiger partial charge in [-0.05, 0) is 60.6 Å². The van der Waals surface area contributed by atoms with Crippen LogP contribution < -0.4 is 67.3 Å². The summed E-state index contributed by atoms with van der Waals surface area (Å²) in [7, 11) is 1.31. The minimum atomic E-state index is -0.178. The van der Waals surface area contributed by atoms with Crippen LogP contribution in [0.5, 0.6) is 0 Å². The Morgan fingerprint density at radius 2 is 2.02 bits per heavy atom. The molecule has 1 aliphatic rings. The zero-order valence-corrected chi connectivity index (χ0v) is 27.7. The van der Waals surface area contributed by atoms with Crippen LogP contribution in [-0.4, -0.2) is 53.6 Å². The molecular formula is C29H35KN8O2S. The molecule has 1 aromatic carbocycles. The number of para-hydroxylation sites is 1. The van der Waals surface area contributed by atoms with Gasteiger partial charge in [-0.15, -0.1) is 18.4 Å². The number of guanidine groups is 1. The number of nitrogens with one attached hydrogen (secondary N) is 3. The van der Waals surface area contributed by atoms with Gasteiger partial charge in [0.2, 0.25) is 5.96 Å². The molecule has 0 atom stereocenters. The molecule has 210 valence electrons. The normalized spacial score (nSPS) is 13.3. The number of nitriles is 1. The van der Waals surface area contributed by atoms with Gasteiger partial charge in [0, 0.05) is 36.9 Å². The van der Waals surface area contributed by atoms with E-state index in [-0.39, 0.29) is 57.3 Å². The third-order valence-corrected chi connectivity index (χ3v) is 6.91. The van der Waals surface area contributed by atoms with Crippen molar-refractivity contribution in [2.24, 2.45) is 4.99 Å². The van der Waals surface area contributed by atoms with Crippen LogP contribution in [0.1, 0.15) is 41.4 Å². The second-order valence-electron chi connectivity index (χ2n) is 8.72. The molecular weight excluding hydrogens is 564 g/mol. The zero-order chi connectivity index (χ0) is 28.6. The molecule has 0 radical (unpaired) electrons. The maximum absolute atomic E-state index is 13.2. The van der Waals surface area contributed by atoms with Crippen molar-refractivity contribution in [3.05, 3.63) is 87.8 Å². The van der Waals surface area contributed by atoms with Gasteiger partial charge in [0.15, 0.2) is 6.19 Å². The van der Waals surface area contributed by atoms with Gasteiger partial charge in [-0.1, -0.05) is 31.2 Å². The molecule has 0 spiro atoms. The Balaban J connectivity index is 0.00000141. The molecule has 0 bridgehead atoms. The Bertz CT molecular complexity index is 1370. The van der Waals surface area contributed by atoms with Gasteiger partial charge >= 0.3 is 51.4 Å². The fourth-order valence-electron chi connectivity index (χ4n) is 4.15. The second-order valence-corrected chi connectivity index (χ2v) is 9.64. The van der Waals surface area contributed by atoms with Crippen molar-refractivity contribution in [3.63, 3.8) is 0 Å². The zero-order valence-electron chi connectivity index (χ0n) is 23.8. The smallest absolute Gasteiger partial charge is 0.540 e. The average Bonchev–Trinajstić information content (AvgIpc) is 3.67. The minimum absolute atomic E-state index is 0. The molecule has 4 N–H and O–H groups in total. The summed E-state index contributed by atoms with van der Waals surface area (Å²) in [6.07, 6.45) is 12.6. The molecule has 12 heteroatoms. The fraction of sp³-hybridized carbons (Fsp3) is 0.310. The van der Waals surface area contributed by atoms with Crippen molar-refractivity contribution in [2.45, 2.75) is 32.7 Å². The Morgan fingerprint density at radius 3 is 2.76 bits per heavy atom. The van der Waals surface area contributed by atoms with E-state index in [1.165, 1.54) is 18.4 Å². The maximum atomic E-state index is 13.2. The summed E-state index contributed by atoms with van der Waals surface area (Å²) < 4.78 is 0. The van der Waals surface area contributed by atoms with E-state index in [1.807, 2.05) is 73.3 Å². The van der Waals surface area contributed by atoms with E-state index < -0.39 is 0 Å². The second kappa shape index (κ2) is 19.5. The van der Waals surface area contributed by atoms with E-state index in [2.05, 4.69) is 42.4 Å². The largest absolute Gasteiger partial charge is 1.00 e. The molecule has 0 unspecified atom stereocenters. The number of likely N-dealkylation sites (tertiary alicyclic amines) is 1. The molecule has 41 heavy (non-hydrogen) atoms. The number of nitrogens with zero attached hydrogens (tertiary/aromatic N) is 5. The van der Waals surface area contributed by atoms with Gasteiger partial charge in [-0.25, -0.2) is 4.99 Å². The SMILES string of the molecule is CC/C=C\C(=C/CN=C(NC#N)N1CCCC1)NC(=O)c1sccc1NCc1ccnc2ccccc12.C[N-]O.[K+]. The Labute approximate surface area is 288 Å². The molecule has 2 aromatic heterocycles. The summed E-state index contributed by atoms with van der Waals surface area (Å²) >= 11 is 1.40. The molecule has 3 aromatic rings. The molecule has 1 amide bonds. The summed E-state index contributed by atoms with van der Waals surface area (Å²) in [5, 5.41) is 28.4. The van der Waals surface area contributed by atoms with Crippen molar-refractivity contribution < 1.29 is 61.4 Å². The number of hydroxylamine groups is 1. The number of allylic oxidation sites excluding steroid dienone is 2. The van der Waals surface area contributed by atoms with E-state index in [4.69, 9.17) is 10.5 Å². The summed E-state index contributed by atoms with van der Waals surface area (Å²) in [5.41, 5.74) is 6.03. The number of carbonyl (C=O) groups is 1. The minimum Gasteiger partial charge on any atom is -0.540 e. The van der Waals surface area contributed by atoms with Crippen molar-refractivity contribution in [3.8, 4) is 6.19 Å². The van der Waals surface area contributed by atoms with E-state index in [9.17, 15) is 4.79 Å². The molecule has 4 rings (SSSR count). The Hall–Kier alpha value is -2.60. The number of hydrogen-bond acceptors (Lipinski definition) is 7. The topological polar surface area (TPSA) is 140 Å². The Kier molecular flexibility index (Phi) is 16.5. The van der Waals surface area contributed by atoms with Crippen LogP contribution in [0.4, 0.5) is 5.69 Å². The van der Waals surface area contributed by atoms with Crippen LogP contribution in [-0.2, 0) is 6.54 Å². The van der Waals surface area contributed by atoms with Crippen LogP contribution in [0.15, 0.2) is 76.9 Å². The number of anilines is 1. The third-order valence-electron chi connectivity index (χ3n) is 6.00. The van der Waals surface area contributed by atoms with Gasteiger partial charge in [-0.2, -0.15) is 5.26 Å². The van der Waals surface area contributed by atoms with Crippen LogP contribution in [0.25, 0.3) is 16.4 Å². The van der Waals surface area contributed by atoms with E-state index in [0.29, 0.717) is 29.6 Å². The summed E-state index contributed by atoms with van der Waals surface area (Å²) in [6.45, 7) is 4.74. The van der Waals surface area contributed by atoms with Crippen LogP contribution in [0, 0.1) is 11.5 Å². The molecule has 3 heterocycles. The number of thiophene rings is 1. The fourth-order valence-corrected chi connectivity index (χ4v) is 4.91. The van der Waals surface area contributed by atoms with Crippen molar-refractivity contribution in [1.82, 2.24) is 20.5 Å². The van der Waals surface area contributed by atoms with Crippen LogP contribution >= 0.6 is 11.3 Å². The average molecular weight is 599 g/mol. The number of fused-ring (bicyclic) bond motifs is 1. The molecule has 0 saturated carbocycles. The number of amides is 1. The van der Waals surface area contributed by atoms with E-state index in [1.54, 1.807) is 0 Å². The molecule has 1 fully saturated rings. The number of pyridine rings is 1. The molecule has 0 aliphatic carbocycles. The van der Waals surface area contributed by atoms with Crippen LogP contribution in [0.2, 0.25) is 0 Å². The first-order valence-electron chi connectivity index (χ1n) is 13.1. The predicted molar refractivity (Wildman–Crippen MR) is 161 cm³/mol. The van der Waals surface area contributed by atoms with Gasteiger partial charge in [0.05, 0.1) is 17.7 Å². The number of aliphatic imine (C=N–C) groups is 1. The Morgan fingerprint density at radius 1 is 1.27 bits per heavy atom. The quantitative estimate of drug-likeness (QED) is 0.0564. The van der Waals surface area contributed by atoms with Gasteiger partial charge < -0.3 is 26.2 Å². The first kappa shape index (κ1) is 34.6. The third kappa shape index (κ3) is 11.0. The summed E-state index contributed by atoms with van der Waals surface area (Å²) in [6, 6.07) is 12.0. The van der Waals surface area contributed by atoms with E-state index >= 15 is 0 Å². The molecule has 1 aliphatic heterocycles. The van der Waals surface area contributed by atoms with Crippen molar-refractivity contribution in [1.29, 1.82) is 5.26 Å². The first-order valence-corrected chi connectivity index (χ1v) is 14.0. The number of benzene rings is 1. The van der Waals surface area contributed by atoms with Gasteiger partial charge in [-0.3, -0.25) is 15.1 Å². The van der Waals surface area contributed by atoms with Crippen molar-refractivity contribution in [2.75, 3.05) is 32.0 Å². The first-order chi connectivity index (χ1) is 19.6. The number of carbonyl (C=O) groups excluding carboxylic acids is 1. The van der Waals surface area contributed by atoms with Crippen LogP contribution in [0.3, 0.4) is 0 Å². The predicted octanol–water partition coefficient (Wildman–Crippen LogP) is 2.39. The van der Waals surface area contributed by atoms with Gasteiger partial charge in [0.1, 0.15) is 4.88 Å². The van der Waals surface area contributed by atoms with E-state index in [0.717, 1.165) is 54.5 Å². The maximum Gasteiger partial charge on any atom is 1.00 e. The molecule has 1 saturated heterocycles. The summed E-state index contributed by atoms with van der Waals surface area (Å²) in [5.74, 6) is 0.401. The van der Waals surface area contributed by atoms with Crippen molar-refractivity contribution >= 4 is 39.8 Å². The number of aromatic nitrogens is 1. The van der Waals surface area contributed by atoms with Gasteiger partial charge in [0.25, 0.3) is 5.91 Å².